The van der Waals surface area contributed by atoms with Crippen molar-refractivity contribution in [3.63, 3.8) is 0 Å². The standard InChI is InChI=1S/C23H25NO4/c1-5-8-18(15-21(25)26)17-11-13-19(14-12-17)24-22(27)23(3,4)28-20-10-7-6-9-16(20)2/h6-7,9-14,18H,15H2,1-4H3,(H,24,27)(H,25,26). The highest BCUT2D eigenvalue weighted by Gasteiger charge is 2.30. The molecule has 146 valence electrons. The van der Waals surface area contributed by atoms with E-state index in [0.717, 1.165) is 11.1 Å². The van der Waals surface area contributed by atoms with Crippen molar-refractivity contribution in [2.24, 2.45) is 0 Å². The quantitative estimate of drug-likeness (QED) is 0.701. The summed E-state index contributed by atoms with van der Waals surface area (Å²) in [5.41, 5.74) is 1.29. The van der Waals surface area contributed by atoms with Crippen LogP contribution in [-0.2, 0) is 9.59 Å². The molecule has 0 saturated carbocycles. The number of carboxylic acids is 1. The van der Waals surface area contributed by atoms with Crippen molar-refractivity contribution in [2.75, 3.05) is 5.32 Å². The molecule has 0 aliphatic heterocycles. The van der Waals surface area contributed by atoms with Gasteiger partial charge in [-0.1, -0.05) is 36.3 Å². The third kappa shape index (κ3) is 5.62. The van der Waals surface area contributed by atoms with Gasteiger partial charge in [-0.2, -0.15) is 0 Å². The number of amides is 1. The van der Waals surface area contributed by atoms with Gasteiger partial charge in [0.25, 0.3) is 5.91 Å². The number of anilines is 1. The second kappa shape index (κ2) is 9.09. The predicted octanol–water partition coefficient (Wildman–Crippen LogP) is 4.37. The molecule has 0 spiro atoms. The summed E-state index contributed by atoms with van der Waals surface area (Å²) >= 11 is 0. The van der Waals surface area contributed by atoms with Crippen LogP contribution >= 0.6 is 0 Å². The van der Waals surface area contributed by atoms with Gasteiger partial charge in [0.05, 0.1) is 12.3 Å². The molecule has 5 nitrogen and oxygen atoms in total. The molecule has 1 unspecified atom stereocenters. The Kier molecular flexibility index (Phi) is 6.84. The summed E-state index contributed by atoms with van der Waals surface area (Å²) in [6.07, 6.45) is -0.0656. The minimum absolute atomic E-state index is 0.0656. The Morgan fingerprint density at radius 2 is 1.79 bits per heavy atom. The SMILES string of the molecule is CC#CC(CC(=O)O)c1ccc(NC(=O)C(C)(C)Oc2ccccc2C)cc1. The monoisotopic (exact) mass is 379 g/mol. The van der Waals surface area contributed by atoms with Gasteiger partial charge in [-0.25, -0.2) is 0 Å². The first-order valence-corrected chi connectivity index (χ1v) is 9.03. The number of hydrogen-bond acceptors (Lipinski definition) is 3. The molecule has 0 bridgehead atoms. The molecule has 5 heteroatoms. The summed E-state index contributed by atoms with van der Waals surface area (Å²) < 4.78 is 5.91. The van der Waals surface area contributed by atoms with E-state index in [1.165, 1.54) is 0 Å². The van der Waals surface area contributed by atoms with E-state index < -0.39 is 11.6 Å². The molecule has 0 aliphatic carbocycles. The number of aliphatic carboxylic acids is 1. The van der Waals surface area contributed by atoms with E-state index >= 15 is 0 Å². The highest BCUT2D eigenvalue weighted by molar-refractivity contribution is 5.97. The molecule has 0 aromatic heterocycles. The van der Waals surface area contributed by atoms with Gasteiger partial charge in [-0.15, -0.1) is 5.92 Å². The van der Waals surface area contributed by atoms with E-state index in [-0.39, 0.29) is 18.2 Å². The topological polar surface area (TPSA) is 75.6 Å². The van der Waals surface area contributed by atoms with Crippen molar-refractivity contribution >= 4 is 17.6 Å². The Balaban J connectivity index is 2.09. The number of rotatable bonds is 7. The summed E-state index contributed by atoms with van der Waals surface area (Å²) in [6.45, 7) is 7.03. The molecule has 1 atom stereocenters. The van der Waals surface area contributed by atoms with Crippen LogP contribution < -0.4 is 10.1 Å². The first-order chi connectivity index (χ1) is 13.2. The Hall–Kier alpha value is -3.26. The van der Waals surface area contributed by atoms with E-state index in [4.69, 9.17) is 9.84 Å². The minimum Gasteiger partial charge on any atom is -0.481 e. The van der Waals surface area contributed by atoms with E-state index in [2.05, 4.69) is 17.2 Å². The fourth-order valence-electron chi connectivity index (χ4n) is 2.67. The molecular formula is C23H25NO4. The number of hydrogen-bond donors (Lipinski definition) is 2. The normalized spacial score (nSPS) is 11.7. The summed E-state index contributed by atoms with van der Waals surface area (Å²) in [4.78, 5) is 23.7. The zero-order valence-electron chi connectivity index (χ0n) is 16.6. The summed E-state index contributed by atoms with van der Waals surface area (Å²) in [6, 6.07) is 14.6. The van der Waals surface area contributed by atoms with Crippen molar-refractivity contribution in [1.82, 2.24) is 0 Å². The maximum atomic E-state index is 12.7. The molecule has 0 aliphatic rings. The van der Waals surface area contributed by atoms with Crippen LogP contribution in [0.25, 0.3) is 0 Å². The van der Waals surface area contributed by atoms with Crippen LogP contribution in [0.3, 0.4) is 0 Å². The van der Waals surface area contributed by atoms with Crippen LogP contribution in [-0.4, -0.2) is 22.6 Å². The molecular weight excluding hydrogens is 354 g/mol. The molecule has 2 rings (SSSR count). The number of para-hydroxylation sites is 1. The molecule has 0 saturated heterocycles. The first-order valence-electron chi connectivity index (χ1n) is 9.03. The average molecular weight is 379 g/mol. The second-order valence-corrected chi connectivity index (χ2v) is 7.00. The van der Waals surface area contributed by atoms with Gasteiger partial charge in [0.1, 0.15) is 5.75 Å². The summed E-state index contributed by atoms with van der Waals surface area (Å²) in [7, 11) is 0. The van der Waals surface area contributed by atoms with E-state index in [1.54, 1.807) is 45.0 Å². The highest BCUT2D eigenvalue weighted by atomic mass is 16.5. The smallest absolute Gasteiger partial charge is 0.304 e. The van der Waals surface area contributed by atoms with Crippen molar-refractivity contribution in [1.29, 1.82) is 0 Å². The first kappa shape index (κ1) is 21.0. The Bertz CT molecular complexity index is 904. The number of carbonyl (C=O) groups excluding carboxylic acids is 1. The van der Waals surface area contributed by atoms with E-state index in [1.807, 2.05) is 31.2 Å². The molecule has 2 aromatic carbocycles. The van der Waals surface area contributed by atoms with Crippen LogP contribution in [0.4, 0.5) is 5.69 Å². The van der Waals surface area contributed by atoms with E-state index in [9.17, 15) is 9.59 Å². The zero-order chi connectivity index (χ0) is 20.7. The van der Waals surface area contributed by atoms with Crippen molar-refractivity contribution in [3.8, 4) is 17.6 Å². The zero-order valence-corrected chi connectivity index (χ0v) is 16.6. The van der Waals surface area contributed by atoms with Gasteiger partial charge in [-0.3, -0.25) is 9.59 Å². The van der Waals surface area contributed by atoms with Gasteiger partial charge in [-0.05, 0) is 57.0 Å². The van der Waals surface area contributed by atoms with Gasteiger partial charge < -0.3 is 15.2 Å². The van der Waals surface area contributed by atoms with Crippen molar-refractivity contribution in [2.45, 2.75) is 45.6 Å². The molecule has 2 aromatic rings. The summed E-state index contributed by atoms with van der Waals surface area (Å²) in [5.74, 6) is 4.77. The molecule has 0 radical (unpaired) electrons. The number of nitrogens with one attached hydrogen (secondary N) is 1. The van der Waals surface area contributed by atoms with Gasteiger partial charge in [0.15, 0.2) is 5.60 Å². The lowest BCUT2D eigenvalue weighted by Gasteiger charge is -2.26. The lowest BCUT2D eigenvalue weighted by Crippen LogP contribution is -2.42. The summed E-state index contributed by atoms with van der Waals surface area (Å²) in [5, 5.41) is 11.9. The third-order valence-electron chi connectivity index (χ3n) is 4.27. The molecule has 2 N–H and O–H groups in total. The Morgan fingerprint density at radius 1 is 1.14 bits per heavy atom. The number of carbonyl (C=O) groups is 2. The number of carboxylic acid groups (broad SMARTS) is 1. The van der Waals surface area contributed by atoms with Crippen molar-refractivity contribution in [3.05, 3.63) is 59.7 Å². The minimum atomic E-state index is -1.07. The maximum Gasteiger partial charge on any atom is 0.304 e. The fraction of sp³-hybridized carbons (Fsp3) is 0.304. The lowest BCUT2D eigenvalue weighted by molar-refractivity contribution is -0.137. The molecule has 0 heterocycles. The maximum absolute atomic E-state index is 12.7. The van der Waals surface area contributed by atoms with Gasteiger partial charge in [0.2, 0.25) is 0 Å². The largest absolute Gasteiger partial charge is 0.481 e. The van der Waals surface area contributed by atoms with Crippen LogP contribution in [0.1, 0.15) is 44.2 Å². The van der Waals surface area contributed by atoms with E-state index in [0.29, 0.717) is 11.4 Å². The average Bonchev–Trinajstić information content (AvgIpc) is 2.63. The highest BCUT2D eigenvalue weighted by Crippen LogP contribution is 2.25. The van der Waals surface area contributed by atoms with Crippen LogP contribution in [0, 0.1) is 18.8 Å². The number of aryl methyl sites for hydroxylation is 1. The Labute approximate surface area is 165 Å². The second-order valence-electron chi connectivity index (χ2n) is 7.00. The molecule has 28 heavy (non-hydrogen) atoms. The number of ether oxygens (including phenoxy) is 1. The van der Waals surface area contributed by atoms with Crippen molar-refractivity contribution < 1.29 is 19.4 Å². The molecule has 0 fully saturated rings. The van der Waals surface area contributed by atoms with Crippen LogP contribution in [0.5, 0.6) is 5.75 Å². The number of benzene rings is 2. The molecule has 1 amide bonds. The van der Waals surface area contributed by atoms with Gasteiger partial charge in [0, 0.05) is 5.69 Å². The Morgan fingerprint density at radius 3 is 2.36 bits per heavy atom. The fourth-order valence-corrected chi connectivity index (χ4v) is 2.67. The van der Waals surface area contributed by atoms with Crippen LogP contribution in [0.15, 0.2) is 48.5 Å². The lowest BCUT2D eigenvalue weighted by atomic mass is 9.96. The predicted molar refractivity (Wildman–Crippen MR) is 109 cm³/mol. The van der Waals surface area contributed by atoms with Gasteiger partial charge >= 0.3 is 5.97 Å². The third-order valence-corrected chi connectivity index (χ3v) is 4.27. The van der Waals surface area contributed by atoms with Crippen LogP contribution in [0.2, 0.25) is 0 Å².